The number of hydrogen-bond acceptors (Lipinski definition) is 4. The van der Waals surface area contributed by atoms with Gasteiger partial charge in [0.15, 0.2) is 0 Å². The lowest BCUT2D eigenvalue weighted by atomic mass is 10.3. The summed E-state index contributed by atoms with van der Waals surface area (Å²) < 4.78 is 26.3. The van der Waals surface area contributed by atoms with E-state index in [0.717, 1.165) is 15.3 Å². The summed E-state index contributed by atoms with van der Waals surface area (Å²) in [6, 6.07) is 5.37. The molecule has 102 valence electrons. The predicted octanol–water partition coefficient (Wildman–Crippen LogP) is 2.58. The predicted molar refractivity (Wildman–Crippen MR) is 76.7 cm³/mol. The summed E-state index contributed by atoms with van der Waals surface area (Å²) in [5, 5.41) is 0. The van der Waals surface area contributed by atoms with E-state index in [1.54, 1.807) is 25.5 Å². The molecule has 0 atom stereocenters. The minimum Gasteiger partial charge on any atom is -0.265 e. The van der Waals surface area contributed by atoms with E-state index in [0.29, 0.717) is 11.4 Å². The molecule has 0 spiro atoms. The van der Waals surface area contributed by atoms with Crippen molar-refractivity contribution in [1.29, 1.82) is 0 Å². The highest BCUT2D eigenvalue weighted by molar-refractivity contribution is 7.89. The summed E-state index contributed by atoms with van der Waals surface area (Å²) in [6.45, 7) is 4.10. The molecule has 0 saturated carbocycles. The highest BCUT2D eigenvalue weighted by Gasteiger charge is 2.24. The van der Waals surface area contributed by atoms with Crippen LogP contribution in [0.25, 0.3) is 0 Å². The van der Waals surface area contributed by atoms with Crippen molar-refractivity contribution < 1.29 is 8.42 Å². The number of hydrogen-bond donors (Lipinski definition) is 0. The van der Waals surface area contributed by atoms with Gasteiger partial charge in [0.05, 0.1) is 4.90 Å². The number of thiophene rings is 1. The first-order valence-corrected chi connectivity index (χ1v) is 8.09. The van der Waals surface area contributed by atoms with Crippen LogP contribution in [0.1, 0.15) is 15.3 Å². The highest BCUT2D eigenvalue weighted by Crippen LogP contribution is 2.27. The van der Waals surface area contributed by atoms with Gasteiger partial charge in [0, 0.05) is 35.7 Å². The molecule has 4 nitrogen and oxygen atoms in total. The third-order valence-electron chi connectivity index (χ3n) is 2.84. The third kappa shape index (κ3) is 3.02. The Kier molecular flexibility index (Phi) is 4.03. The van der Waals surface area contributed by atoms with Gasteiger partial charge < -0.3 is 0 Å². The second-order valence-electron chi connectivity index (χ2n) is 4.39. The average molecular weight is 296 g/mol. The average Bonchev–Trinajstić information content (AvgIpc) is 2.70. The molecule has 19 heavy (non-hydrogen) atoms. The van der Waals surface area contributed by atoms with Crippen molar-refractivity contribution >= 4 is 21.4 Å². The fraction of sp³-hybridized carbons (Fsp3) is 0.308. The zero-order valence-electron chi connectivity index (χ0n) is 11.1. The molecule has 0 bridgehead atoms. The van der Waals surface area contributed by atoms with Crippen molar-refractivity contribution in [3.05, 3.63) is 45.9 Å². The number of pyridine rings is 1. The largest absolute Gasteiger partial charge is 0.265 e. The summed E-state index contributed by atoms with van der Waals surface area (Å²) >= 11 is 1.50. The minimum absolute atomic E-state index is 0.346. The molecular weight excluding hydrogens is 280 g/mol. The lowest BCUT2D eigenvalue weighted by Gasteiger charge is -2.17. The maximum atomic E-state index is 12.5. The first kappa shape index (κ1) is 14.2. The molecule has 0 fully saturated rings. The quantitative estimate of drug-likeness (QED) is 0.871. The van der Waals surface area contributed by atoms with E-state index < -0.39 is 10.0 Å². The second kappa shape index (κ2) is 5.40. The Morgan fingerprint density at radius 1 is 1.26 bits per heavy atom. The van der Waals surface area contributed by atoms with E-state index in [1.165, 1.54) is 15.6 Å². The van der Waals surface area contributed by atoms with Crippen LogP contribution in [0.5, 0.6) is 0 Å². The van der Waals surface area contributed by atoms with Gasteiger partial charge in [-0.25, -0.2) is 8.42 Å². The molecule has 0 amide bonds. The van der Waals surface area contributed by atoms with E-state index in [-0.39, 0.29) is 0 Å². The molecule has 0 aliphatic heterocycles. The Morgan fingerprint density at radius 3 is 2.42 bits per heavy atom. The number of nitrogens with zero attached hydrogens (tertiary/aromatic N) is 2. The van der Waals surface area contributed by atoms with Crippen LogP contribution >= 0.6 is 11.3 Å². The van der Waals surface area contributed by atoms with Crippen LogP contribution in [0, 0.1) is 13.8 Å². The number of aromatic nitrogens is 1. The van der Waals surface area contributed by atoms with Crippen LogP contribution < -0.4 is 0 Å². The zero-order valence-corrected chi connectivity index (χ0v) is 12.8. The van der Waals surface area contributed by atoms with Crippen LogP contribution in [-0.4, -0.2) is 24.8 Å². The summed E-state index contributed by atoms with van der Waals surface area (Å²) in [4.78, 5) is 6.17. The molecule has 0 aliphatic carbocycles. The normalized spacial score (nSPS) is 12.0. The van der Waals surface area contributed by atoms with E-state index in [4.69, 9.17) is 0 Å². The molecule has 6 heteroatoms. The molecule has 0 radical (unpaired) electrons. The zero-order chi connectivity index (χ0) is 14.0. The monoisotopic (exact) mass is 296 g/mol. The maximum Gasteiger partial charge on any atom is 0.244 e. The van der Waals surface area contributed by atoms with E-state index in [1.807, 2.05) is 26.0 Å². The fourth-order valence-corrected chi connectivity index (χ4v) is 4.54. The van der Waals surface area contributed by atoms with Crippen molar-refractivity contribution in [1.82, 2.24) is 9.29 Å². The van der Waals surface area contributed by atoms with Crippen LogP contribution in [-0.2, 0) is 16.6 Å². The molecule has 0 aromatic carbocycles. The molecule has 2 heterocycles. The SMILES string of the molecule is Cc1cc(S(=O)(=O)N(C)Cc2ccncc2)c(C)s1. The Labute approximate surface area is 117 Å². The van der Waals surface area contributed by atoms with Gasteiger partial charge in [-0.3, -0.25) is 4.98 Å². The molecule has 2 rings (SSSR count). The molecule has 2 aromatic heterocycles. The summed E-state index contributed by atoms with van der Waals surface area (Å²) in [5.41, 5.74) is 0.922. The van der Waals surface area contributed by atoms with Gasteiger partial charge in [0.25, 0.3) is 0 Å². The molecule has 0 saturated heterocycles. The number of sulfonamides is 1. The standard InChI is InChI=1S/C13H16N2O2S2/c1-10-8-13(11(2)18-10)19(16,17)15(3)9-12-4-6-14-7-5-12/h4-8H,9H2,1-3H3. The van der Waals surface area contributed by atoms with Gasteiger partial charge in [0.1, 0.15) is 0 Å². The van der Waals surface area contributed by atoms with Gasteiger partial charge in [-0.15, -0.1) is 11.3 Å². The summed E-state index contributed by atoms with van der Waals surface area (Å²) in [7, 11) is -1.82. The topological polar surface area (TPSA) is 50.3 Å². The van der Waals surface area contributed by atoms with Gasteiger partial charge in [-0.05, 0) is 37.6 Å². The lowest BCUT2D eigenvalue weighted by molar-refractivity contribution is 0.466. The second-order valence-corrected chi connectivity index (χ2v) is 7.87. The van der Waals surface area contributed by atoms with Crippen molar-refractivity contribution in [3.63, 3.8) is 0 Å². The molecule has 0 N–H and O–H groups in total. The van der Waals surface area contributed by atoms with Gasteiger partial charge in [-0.1, -0.05) is 0 Å². The molecular formula is C13H16N2O2S2. The molecule has 0 aliphatic rings. The van der Waals surface area contributed by atoms with E-state index >= 15 is 0 Å². The summed E-state index contributed by atoms with van der Waals surface area (Å²) in [6.07, 6.45) is 3.32. The van der Waals surface area contributed by atoms with E-state index in [9.17, 15) is 8.42 Å². The van der Waals surface area contributed by atoms with Gasteiger partial charge >= 0.3 is 0 Å². The smallest absolute Gasteiger partial charge is 0.244 e. The van der Waals surface area contributed by atoms with Crippen molar-refractivity contribution in [2.24, 2.45) is 0 Å². The Balaban J connectivity index is 2.27. The fourth-order valence-electron chi connectivity index (χ4n) is 1.86. The van der Waals surface area contributed by atoms with Gasteiger partial charge in [-0.2, -0.15) is 4.31 Å². The van der Waals surface area contributed by atoms with Crippen molar-refractivity contribution in [2.45, 2.75) is 25.3 Å². The van der Waals surface area contributed by atoms with Crippen LogP contribution in [0.4, 0.5) is 0 Å². The van der Waals surface area contributed by atoms with Crippen molar-refractivity contribution in [3.8, 4) is 0 Å². The maximum absolute atomic E-state index is 12.5. The van der Waals surface area contributed by atoms with Crippen LogP contribution in [0.3, 0.4) is 0 Å². The Hall–Kier alpha value is -1.24. The first-order valence-electron chi connectivity index (χ1n) is 5.83. The molecule has 2 aromatic rings. The highest BCUT2D eigenvalue weighted by atomic mass is 32.2. The summed E-state index contributed by atoms with van der Waals surface area (Å²) in [5.74, 6) is 0. The van der Waals surface area contributed by atoms with E-state index in [2.05, 4.69) is 4.98 Å². The third-order valence-corrected chi connectivity index (χ3v) is 5.86. The van der Waals surface area contributed by atoms with Crippen LogP contribution in [0.15, 0.2) is 35.5 Å². The van der Waals surface area contributed by atoms with Crippen molar-refractivity contribution in [2.75, 3.05) is 7.05 Å². The number of aryl methyl sites for hydroxylation is 2. The first-order chi connectivity index (χ1) is 8.91. The lowest BCUT2D eigenvalue weighted by Crippen LogP contribution is -2.26. The Bertz CT molecular complexity index is 663. The van der Waals surface area contributed by atoms with Crippen LogP contribution in [0.2, 0.25) is 0 Å². The Morgan fingerprint density at radius 2 is 1.89 bits per heavy atom. The minimum atomic E-state index is -3.42. The van der Waals surface area contributed by atoms with Gasteiger partial charge in [0.2, 0.25) is 10.0 Å². The molecule has 0 unspecified atom stereocenters. The number of rotatable bonds is 4.